The summed E-state index contributed by atoms with van der Waals surface area (Å²) in [5.74, 6) is -0.321. The quantitative estimate of drug-likeness (QED) is 0.778. The van der Waals surface area contributed by atoms with Gasteiger partial charge in [0, 0.05) is 19.6 Å². The molecule has 5 heteroatoms. The minimum atomic E-state index is -0.772. The van der Waals surface area contributed by atoms with E-state index in [1.807, 2.05) is 6.92 Å². The fourth-order valence-corrected chi connectivity index (χ4v) is 2.53. The number of carbonyl (C=O) groups is 2. The summed E-state index contributed by atoms with van der Waals surface area (Å²) in [6.45, 7) is 7.68. The van der Waals surface area contributed by atoms with Crippen molar-refractivity contribution in [2.24, 2.45) is 11.3 Å². The molecule has 2 unspecified atom stereocenters. The number of hydrogen-bond donors (Lipinski definition) is 2. The maximum absolute atomic E-state index is 12.0. The van der Waals surface area contributed by atoms with Crippen LogP contribution >= 0.6 is 0 Å². The second-order valence-corrected chi connectivity index (χ2v) is 5.71. The topological polar surface area (TPSA) is 69.6 Å². The third-order valence-corrected chi connectivity index (χ3v) is 4.12. The largest absolute Gasteiger partial charge is 0.481 e. The third kappa shape index (κ3) is 3.85. The summed E-state index contributed by atoms with van der Waals surface area (Å²) in [5.41, 5.74) is -0.734. The zero-order valence-corrected chi connectivity index (χ0v) is 12.2. The highest BCUT2D eigenvalue weighted by Crippen LogP contribution is 2.35. The molecular formula is C14H26N2O3. The Kier molecular flexibility index (Phi) is 5.63. The van der Waals surface area contributed by atoms with Gasteiger partial charge in [-0.15, -0.1) is 0 Å². The molecule has 0 aliphatic carbocycles. The predicted molar refractivity (Wildman–Crippen MR) is 74.0 cm³/mol. The van der Waals surface area contributed by atoms with Crippen LogP contribution in [-0.2, 0) is 4.79 Å². The summed E-state index contributed by atoms with van der Waals surface area (Å²) in [6.07, 6.45) is 3.05. The minimum absolute atomic E-state index is 0.125. The van der Waals surface area contributed by atoms with Crippen LogP contribution in [0.3, 0.4) is 0 Å². The predicted octanol–water partition coefficient (Wildman–Crippen LogP) is 2.32. The molecule has 1 heterocycles. The van der Waals surface area contributed by atoms with E-state index in [2.05, 4.69) is 19.2 Å². The number of amides is 2. The Bertz CT molecular complexity index is 333. The average molecular weight is 270 g/mol. The summed E-state index contributed by atoms with van der Waals surface area (Å²) in [5, 5.41) is 12.3. The van der Waals surface area contributed by atoms with Gasteiger partial charge >= 0.3 is 12.0 Å². The van der Waals surface area contributed by atoms with Crippen LogP contribution in [0.2, 0.25) is 0 Å². The van der Waals surface area contributed by atoms with Crippen LogP contribution in [0, 0.1) is 11.3 Å². The highest BCUT2D eigenvalue weighted by molar-refractivity contribution is 5.79. The van der Waals surface area contributed by atoms with Crippen molar-refractivity contribution in [3.63, 3.8) is 0 Å². The molecule has 1 rings (SSSR count). The highest BCUT2D eigenvalue weighted by Gasteiger charge is 2.45. The molecule has 0 spiro atoms. The number of hydrogen-bond acceptors (Lipinski definition) is 2. The van der Waals surface area contributed by atoms with Crippen LogP contribution in [0.5, 0.6) is 0 Å². The van der Waals surface area contributed by atoms with Crippen molar-refractivity contribution in [1.29, 1.82) is 0 Å². The number of rotatable bonds is 6. The van der Waals surface area contributed by atoms with Gasteiger partial charge in [-0.2, -0.15) is 0 Å². The van der Waals surface area contributed by atoms with E-state index >= 15 is 0 Å². The first kappa shape index (κ1) is 15.8. The molecular weight excluding hydrogens is 244 g/mol. The van der Waals surface area contributed by atoms with Crippen LogP contribution in [0.15, 0.2) is 0 Å². The number of nitrogens with one attached hydrogen (secondary N) is 1. The molecule has 1 aliphatic rings. The molecule has 0 aromatic carbocycles. The standard InChI is InChI=1S/C14H26N2O3/c1-4-6-14(12(17)18)7-8-16(10-14)13(19)15-9-11(3)5-2/h11H,4-10H2,1-3H3,(H,15,19)(H,17,18). The van der Waals surface area contributed by atoms with Gasteiger partial charge in [0.15, 0.2) is 0 Å². The summed E-state index contributed by atoms with van der Waals surface area (Å²) in [7, 11) is 0. The smallest absolute Gasteiger partial charge is 0.317 e. The molecule has 2 atom stereocenters. The number of carboxylic acids is 1. The second kappa shape index (κ2) is 6.78. The van der Waals surface area contributed by atoms with E-state index in [0.29, 0.717) is 38.4 Å². The molecule has 0 bridgehead atoms. The van der Waals surface area contributed by atoms with Gasteiger partial charge in [0.2, 0.25) is 0 Å². The van der Waals surface area contributed by atoms with Gasteiger partial charge in [-0.1, -0.05) is 33.6 Å². The van der Waals surface area contributed by atoms with Crippen molar-refractivity contribution in [2.45, 2.75) is 46.5 Å². The van der Waals surface area contributed by atoms with Gasteiger partial charge in [0.1, 0.15) is 0 Å². The maximum Gasteiger partial charge on any atom is 0.317 e. The van der Waals surface area contributed by atoms with Gasteiger partial charge in [0.05, 0.1) is 5.41 Å². The monoisotopic (exact) mass is 270 g/mol. The Labute approximate surface area is 115 Å². The molecule has 0 aromatic rings. The Morgan fingerprint density at radius 3 is 2.63 bits per heavy atom. The lowest BCUT2D eigenvalue weighted by atomic mass is 9.83. The van der Waals surface area contributed by atoms with Crippen LogP contribution in [-0.4, -0.2) is 41.6 Å². The van der Waals surface area contributed by atoms with Crippen molar-refractivity contribution in [3.05, 3.63) is 0 Å². The lowest BCUT2D eigenvalue weighted by molar-refractivity contribution is -0.148. The van der Waals surface area contributed by atoms with E-state index in [4.69, 9.17) is 0 Å². The summed E-state index contributed by atoms with van der Waals surface area (Å²) < 4.78 is 0. The fraction of sp³-hybridized carbons (Fsp3) is 0.857. The van der Waals surface area contributed by atoms with Gasteiger partial charge in [-0.05, 0) is 18.8 Å². The summed E-state index contributed by atoms with van der Waals surface area (Å²) >= 11 is 0. The Hall–Kier alpha value is -1.26. The Balaban J connectivity index is 2.54. The molecule has 1 fully saturated rings. The van der Waals surface area contributed by atoms with E-state index in [0.717, 1.165) is 12.8 Å². The lowest BCUT2D eigenvalue weighted by Gasteiger charge is -2.24. The van der Waals surface area contributed by atoms with E-state index in [9.17, 15) is 14.7 Å². The first-order valence-corrected chi connectivity index (χ1v) is 7.21. The van der Waals surface area contributed by atoms with Crippen molar-refractivity contribution >= 4 is 12.0 Å². The first-order valence-electron chi connectivity index (χ1n) is 7.21. The van der Waals surface area contributed by atoms with E-state index in [1.165, 1.54) is 0 Å². The molecule has 110 valence electrons. The molecule has 0 aromatic heterocycles. The Morgan fingerprint density at radius 2 is 2.11 bits per heavy atom. The molecule has 1 saturated heterocycles. The van der Waals surface area contributed by atoms with Crippen LogP contribution in [0.4, 0.5) is 4.79 Å². The normalized spacial score (nSPS) is 24.3. The van der Waals surface area contributed by atoms with Gasteiger partial charge in [-0.3, -0.25) is 4.79 Å². The zero-order chi connectivity index (χ0) is 14.5. The van der Waals surface area contributed by atoms with E-state index < -0.39 is 11.4 Å². The number of carbonyl (C=O) groups excluding carboxylic acids is 1. The van der Waals surface area contributed by atoms with Crippen LogP contribution in [0.1, 0.15) is 46.5 Å². The van der Waals surface area contributed by atoms with Gasteiger partial charge in [0.25, 0.3) is 0 Å². The maximum atomic E-state index is 12.0. The Morgan fingerprint density at radius 1 is 1.42 bits per heavy atom. The molecule has 2 N–H and O–H groups in total. The third-order valence-electron chi connectivity index (χ3n) is 4.12. The fourth-order valence-electron chi connectivity index (χ4n) is 2.53. The minimum Gasteiger partial charge on any atom is -0.481 e. The molecule has 0 radical (unpaired) electrons. The number of likely N-dealkylation sites (tertiary alicyclic amines) is 1. The number of urea groups is 1. The van der Waals surface area contributed by atoms with E-state index in [-0.39, 0.29) is 6.03 Å². The van der Waals surface area contributed by atoms with Crippen molar-refractivity contribution < 1.29 is 14.7 Å². The number of nitrogens with zero attached hydrogens (tertiary/aromatic N) is 1. The van der Waals surface area contributed by atoms with Crippen molar-refractivity contribution in [1.82, 2.24) is 10.2 Å². The summed E-state index contributed by atoms with van der Waals surface area (Å²) in [6, 6.07) is -0.125. The molecule has 5 nitrogen and oxygen atoms in total. The SMILES string of the molecule is CCCC1(C(=O)O)CCN(C(=O)NCC(C)CC)C1. The molecule has 0 saturated carbocycles. The second-order valence-electron chi connectivity index (χ2n) is 5.71. The van der Waals surface area contributed by atoms with Crippen molar-refractivity contribution in [3.8, 4) is 0 Å². The summed E-state index contributed by atoms with van der Waals surface area (Å²) in [4.78, 5) is 25.1. The van der Waals surface area contributed by atoms with Crippen molar-refractivity contribution in [2.75, 3.05) is 19.6 Å². The molecule has 1 aliphatic heterocycles. The zero-order valence-electron chi connectivity index (χ0n) is 12.2. The number of aliphatic carboxylic acids is 1. The lowest BCUT2D eigenvalue weighted by Crippen LogP contribution is -2.42. The van der Waals surface area contributed by atoms with E-state index in [1.54, 1.807) is 4.90 Å². The number of carboxylic acid groups (broad SMARTS) is 1. The highest BCUT2D eigenvalue weighted by atomic mass is 16.4. The van der Waals surface area contributed by atoms with Gasteiger partial charge in [-0.25, -0.2) is 4.79 Å². The molecule has 2 amide bonds. The molecule has 19 heavy (non-hydrogen) atoms. The average Bonchev–Trinajstić information content (AvgIpc) is 2.81. The van der Waals surface area contributed by atoms with Gasteiger partial charge < -0.3 is 15.3 Å². The van der Waals surface area contributed by atoms with Crippen LogP contribution in [0.25, 0.3) is 0 Å². The first-order chi connectivity index (χ1) is 8.95. The van der Waals surface area contributed by atoms with Crippen LogP contribution < -0.4 is 5.32 Å².